The number of nitrogens with two attached hydrogens (primary N) is 1. The summed E-state index contributed by atoms with van der Waals surface area (Å²) >= 11 is 0. The molecule has 126 valence electrons. The van der Waals surface area contributed by atoms with Crippen LogP contribution in [0.5, 0.6) is 0 Å². The Balaban J connectivity index is 1.59. The number of nitrogens with zero attached hydrogens (tertiary/aromatic N) is 2. The van der Waals surface area contributed by atoms with Gasteiger partial charge in [0, 0.05) is 44.2 Å². The number of hydrogen-bond donors (Lipinski definition) is 1. The molecule has 5 nitrogen and oxygen atoms in total. The van der Waals surface area contributed by atoms with Crippen LogP contribution in [0.3, 0.4) is 0 Å². The molecule has 0 unspecified atom stereocenters. The van der Waals surface area contributed by atoms with E-state index in [1.165, 1.54) is 6.42 Å². The van der Waals surface area contributed by atoms with Gasteiger partial charge in [-0.2, -0.15) is 0 Å². The summed E-state index contributed by atoms with van der Waals surface area (Å²) in [5, 5.41) is 0. The number of likely N-dealkylation sites (tertiary alicyclic amines) is 1. The fourth-order valence-electron chi connectivity index (χ4n) is 4.25. The second-order valence-corrected chi connectivity index (χ2v) is 7.22. The van der Waals surface area contributed by atoms with E-state index in [1.54, 1.807) is 0 Å². The number of rotatable bonds is 3. The number of carbonyl (C=O) groups is 1. The minimum absolute atomic E-state index is 0.175. The van der Waals surface area contributed by atoms with Crippen LogP contribution in [0.2, 0.25) is 0 Å². The molecule has 0 spiro atoms. The van der Waals surface area contributed by atoms with Crippen molar-refractivity contribution in [3.63, 3.8) is 0 Å². The maximum atomic E-state index is 13.0. The Morgan fingerprint density at radius 3 is 2.64 bits per heavy atom. The first-order chi connectivity index (χ1) is 10.7. The molecule has 1 saturated carbocycles. The van der Waals surface area contributed by atoms with Crippen molar-refractivity contribution in [2.24, 2.45) is 11.7 Å². The molecule has 0 bridgehead atoms. The molecule has 2 saturated heterocycles. The Morgan fingerprint density at radius 2 is 1.86 bits per heavy atom. The standard InChI is InChI=1S/C17H31N3O2/c18-15-5-3-4-14(12-15)17(21)20-7-2-1-6-16(20)13-19-8-10-22-11-9-19/h14-16H,1-13,18H2/t14-,15-,16+/m1/s1. The molecule has 0 aromatic rings. The highest BCUT2D eigenvalue weighted by atomic mass is 16.5. The van der Waals surface area contributed by atoms with E-state index in [4.69, 9.17) is 10.5 Å². The molecule has 0 aromatic heterocycles. The topological polar surface area (TPSA) is 58.8 Å². The second-order valence-electron chi connectivity index (χ2n) is 7.22. The van der Waals surface area contributed by atoms with E-state index in [9.17, 15) is 4.79 Å². The molecule has 2 heterocycles. The SMILES string of the molecule is N[C@@H]1CCC[C@@H](C(=O)N2CCCC[C@H]2CN2CCOCC2)C1. The van der Waals surface area contributed by atoms with E-state index in [0.717, 1.165) is 77.9 Å². The van der Waals surface area contributed by atoms with Crippen molar-refractivity contribution in [2.75, 3.05) is 39.4 Å². The summed E-state index contributed by atoms with van der Waals surface area (Å²) in [6, 6.07) is 0.627. The molecule has 22 heavy (non-hydrogen) atoms. The fourth-order valence-corrected chi connectivity index (χ4v) is 4.25. The van der Waals surface area contributed by atoms with Gasteiger partial charge in [0.25, 0.3) is 0 Å². The van der Waals surface area contributed by atoms with Crippen LogP contribution in [0.4, 0.5) is 0 Å². The minimum atomic E-state index is 0.175. The lowest BCUT2D eigenvalue weighted by molar-refractivity contribution is -0.141. The van der Waals surface area contributed by atoms with Crippen LogP contribution in [-0.4, -0.2) is 67.2 Å². The molecule has 0 radical (unpaired) electrons. The lowest BCUT2D eigenvalue weighted by atomic mass is 9.84. The third-order valence-electron chi connectivity index (χ3n) is 5.55. The van der Waals surface area contributed by atoms with Gasteiger partial charge in [0.1, 0.15) is 0 Å². The Bertz CT molecular complexity index is 371. The highest BCUT2D eigenvalue weighted by Crippen LogP contribution is 2.28. The van der Waals surface area contributed by atoms with Gasteiger partial charge in [-0.25, -0.2) is 0 Å². The van der Waals surface area contributed by atoms with Gasteiger partial charge in [-0.05, 0) is 38.5 Å². The third-order valence-corrected chi connectivity index (χ3v) is 5.55. The molecular weight excluding hydrogens is 278 g/mol. The highest BCUT2D eigenvalue weighted by molar-refractivity contribution is 5.79. The van der Waals surface area contributed by atoms with E-state index in [-0.39, 0.29) is 12.0 Å². The highest BCUT2D eigenvalue weighted by Gasteiger charge is 2.34. The number of ether oxygens (including phenoxy) is 1. The zero-order chi connectivity index (χ0) is 15.4. The number of morpholine rings is 1. The summed E-state index contributed by atoms with van der Waals surface area (Å²) in [6.45, 7) is 5.64. The number of carbonyl (C=O) groups excluding carboxylic acids is 1. The first-order valence-corrected chi connectivity index (χ1v) is 9.10. The van der Waals surface area contributed by atoms with Gasteiger partial charge in [-0.15, -0.1) is 0 Å². The maximum absolute atomic E-state index is 13.0. The summed E-state index contributed by atoms with van der Waals surface area (Å²) in [7, 11) is 0. The van der Waals surface area contributed by atoms with Crippen LogP contribution in [0, 0.1) is 5.92 Å². The summed E-state index contributed by atoms with van der Waals surface area (Å²) in [4.78, 5) is 17.6. The van der Waals surface area contributed by atoms with E-state index in [1.807, 2.05) is 0 Å². The van der Waals surface area contributed by atoms with Gasteiger partial charge in [-0.3, -0.25) is 9.69 Å². The molecule has 1 amide bonds. The van der Waals surface area contributed by atoms with E-state index in [0.29, 0.717) is 11.9 Å². The van der Waals surface area contributed by atoms with Gasteiger partial charge in [0.05, 0.1) is 13.2 Å². The Hall–Kier alpha value is -0.650. The van der Waals surface area contributed by atoms with Crippen molar-refractivity contribution >= 4 is 5.91 Å². The van der Waals surface area contributed by atoms with Gasteiger partial charge >= 0.3 is 0 Å². The van der Waals surface area contributed by atoms with Gasteiger partial charge < -0.3 is 15.4 Å². The van der Waals surface area contributed by atoms with Crippen LogP contribution in [-0.2, 0) is 9.53 Å². The van der Waals surface area contributed by atoms with Gasteiger partial charge in [0.15, 0.2) is 0 Å². The summed E-state index contributed by atoms with van der Waals surface area (Å²) in [6.07, 6.45) is 7.68. The normalized spacial score (nSPS) is 34.6. The number of piperidine rings is 1. The average Bonchev–Trinajstić information content (AvgIpc) is 2.56. The zero-order valence-electron chi connectivity index (χ0n) is 13.7. The zero-order valence-corrected chi connectivity index (χ0v) is 13.7. The van der Waals surface area contributed by atoms with Crippen molar-refractivity contribution in [3.8, 4) is 0 Å². The lowest BCUT2D eigenvalue weighted by Gasteiger charge is -2.42. The molecule has 1 aliphatic carbocycles. The van der Waals surface area contributed by atoms with Crippen molar-refractivity contribution in [1.82, 2.24) is 9.80 Å². The van der Waals surface area contributed by atoms with Crippen molar-refractivity contribution in [1.29, 1.82) is 0 Å². The molecule has 3 atom stereocenters. The summed E-state index contributed by atoms with van der Waals surface area (Å²) < 4.78 is 5.43. The Kier molecular flexibility index (Phi) is 5.71. The minimum Gasteiger partial charge on any atom is -0.379 e. The quantitative estimate of drug-likeness (QED) is 0.851. The predicted octanol–water partition coefficient (Wildman–Crippen LogP) is 1.22. The van der Waals surface area contributed by atoms with Gasteiger partial charge in [0.2, 0.25) is 5.91 Å². The predicted molar refractivity (Wildman–Crippen MR) is 86.5 cm³/mol. The largest absolute Gasteiger partial charge is 0.379 e. The van der Waals surface area contributed by atoms with E-state index >= 15 is 0 Å². The molecule has 0 aromatic carbocycles. The van der Waals surface area contributed by atoms with Crippen LogP contribution < -0.4 is 5.73 Å². The molecular formula is C17H31N3O2. The molecule has 5 heteroatoms. The van der Waals surface area contributed by atoms with Gasteiger partial charge in [-0.1, -0.05) is 6.42 Å². The molecule has 3 rings (SSSR count). The summed E-state index contributed by atoms with van der Waals surface area (Å²) in [5.74, 6) is 0.558. The molecule has 3 fully saturated rings. The van der Waals surface area contributed by atoms with Crippen LogP contribution in [0.1, 0.15) is 44.9 Å². The van der Waals surface area contributed by atoms with Crippen LogP contribution in [0.25, 0.3) is 0 Å². The second kappa shape index (κ2) is 7.75. The van der Waals surface area contributed by atoms with Crippen LogP contribution in [0.15, 0.2) is 0 Å². The molecule has 3 aliphatic rings. The Morgan fingerprint density at radius 1 is 1.05 bits per heavy atom. The Labute approximate surface area is 134 Å². The smallest absolute Gasteiger partial charge is 0.226 e. The van der Waals surface area contributed by atoms with Crippen molar-refractivity contribution in [2.45, 2.75) is 57.0 Å². The first-order valence-electron chi connectivity index (χ1n) is 9.10. The van der Waals surface area contributed by atoms with Crippen molar-refractivity contribution < 1.29 is 9.53 Å². The lowest BCUT2D eigenvalue weighted by Crippen LogP contribution is -2.53. The van der Waals surface area contributed by atoms with E-state index in [2.05, 4.69) is 9.80 Å². The fraction of sp³-hybridized carbons (Fsp3) is 0.941. The maximum Gasteiger partial charge on any atom is 0.226 e. The van der Waals surface area contributed by atoms with Crippen LogP contribution >= 0.6 is 0 Å². The number of hydrogen-bond acceptors (Lipinski definition) is 4. The third kappa shape index (κ3) is 4.00. The van der Waals surface area contributed by atoms with E-state index < -0.39 is 0 Å². The number of amides is 1. The van der Waals surface area contributed by atoms with Crippen molar-refractivity contribution in [3.05, 3.63) is 0 Å². The molecule has 2 aliphatic heterocycles. The monoisotopic (exact) mass is 309 g/mol. The average molecular weight is 309 g/mol. The molecule has 2 N–H and O–H groups in total. The first kappa shape index (κ1) is 16.2. The summed E-state index contributed by atoms with van der Waals surface area (Å²) in [5.41, 5.74) is 6.08.